The van der Waals surface area contributed by atoms with Gasteiger partial charge in [0.2, 0.25) is 5.91 Å². The van der Waals surface area contributed by atoms with Crippen LogP contribution in [0.1, 0.15) is 49.7 Å². The summed E-state index contributed by atoms with van der Waals surface area (Å²) in [6.07, 6.45) is 0. The van der Waals surface area contributed by atoms with Crippen LogP contribution in [0.25, 0.3) is 11.0 Å². The minimum absolute atomic E-state index is 0.00488. The molecule has 33 heavy (non-hydrogen) atoms. The highest BCUT2D eigenvalue weighted by molar-refractivity contribution is 6.07. The third kappa shape index (κ3) is 5.28. The first-order valence-electron chi connectivity index (χ1n) is 10.7. The van der Waals surface area contributed by atoms with Gasteiger partial charge in [0.15, 0.2) is 5.65 Å². The van der Waals surface area contributed by atoms with Crippen LogP contribution in [-0.2, 0) is 11.3 Å². The first-order chi connectivity index (χ1) is 15.7. The molecule has 3 N–H and O–H groups in total. The zero-order chi connectivity index (χ0) is 24.1. The van der Waals surface area contributed by atoms with Crippen LogP contribution in [0.2, 0.25) is 0 Å². The van der Waals surface area contributed by atoms with Crippen molar-refractivity contribution in [1.82, 2.24) is 19.9 Å². The highest BCUT2D eigenvalue weighted by atomic mass is 16.5. The van der Waals surface area contributed by atoms with Gasteiger partial charge >= 0.3 is 5.69 Å². The molecule has 0 aliphatic carbocycles. The minimum atomic E-state index is -0.702. The number of H-pyrrole nitrogens is 1. The number of amides is 2. The van der Waals surface area contributed by atoms with Crippen LogP contribution in [0.3, 0.4) is 0 Å². The quantitative estimate of drug-likeness (QED) is 0.477. The summed E-state index contributed by atoms with van der Waals surface area (Å²) in [5.41, 5.74) is 0.00898. The molecule has 0 fully saturated rings. The van der Waals surface area contributed by atoms with E-state index in [-0.39, 0.29) is 35.6 Å². The number of rotatable bonds is 8. The molecule has 0 saturated carbocycles. The van der Waals surface area contributed by atoms with Crippen LogP contribution in [-0.4, -0.2) is 39.5 Å². The fourth-order valence-corrected chi connectivity index (χ4v) is 3.32. The monoisotopic (exact) mass is 453 g/mol. The Labute approximate surface area is 190 Å². The summed E-state index contributed by atoms with van der Waals surface area (Å²) in [4.78, 5) is 56.7. The molecule has 10 nitrogen and oxygen atoms in total. The van der Waals surface area contributed by atoms with Crippen molar-refractivity contribution in [1.29, 1.82) is 0 Å². The molecule has 0 aliphatic rings. The van der Waals surface area contributed by atoms with Gasteiger partial charge in [0.25, 0.3) is 11.5 Å². The van der Waals surface area contributed by atoms with Crippen LogP contribution in [0, 0.1) is 0 Å². The molecule has 0 radical (unpaired) electrons. The van der Waals surface area contributed by atoms with Gasteiger partial charge in [-0.25, -0.2) is 9.78 Å². The summed E-state index contributed by atoms with van der Waals surface area (Å²) >= 11 is 0. The molecular formula is C23H27N5O5. The number of carbonyl (C=O) groups excluding carboxylic acids is 2. The first kappa shape index (κ1) is 23.7. The summed E-state index contributed by atoms with van der Waals surface area (Å²) in [6.45, 7) is 7.91. The van der Waals surface area contributed by atoms with Crippen LogP contribution >= 0.6 is 0 Å². The van der Waals surface area contributed by atoms with Crippen molar-refractivity contribution in [2.75, 3.05) is 18.5 Å². The zero-order valence-corrected chi connectivity index (χ0v) is 19.0. The molecule has 2 amide bonds. The molecule has 0 unspecified atom stereocenters. The molecule has 0 atom stereocenters. The minimum Gasteiger partial charge on any atom is -0.494 e. The fourth-order valence-electron chi connectivity index (χ4n) is 3.32. The van der Waals surface area contributed by atoms with E-state index in [0.29, 0.717) is 23.7 Å². The predicted molar refractivity (Wildman–Crippen MR) is 125 cm³/mol. The summed E-state index contributed by atoms with van der Waals surface area (Å²) in [5, 5.41) is 5.24. The van der Waals surface area contributed by atoms with E-state index in [2.05, 4.69) is 20.6 Å². The molecule has 0 bridgehead atoms. The smallest absolute Gasteiger partial charge is 0.329 e. The van der Waals surface area contributed by atoms with Gasteiger partial charge in [-0.3, -0.25) is 23.9 Å². The number of hydrogen-bond acceptors (Lipinski definition) is 6. The molecule has 0 saturated heterocycles. The van der Waals surface area contributed by atoms with E-state index in [1.165, 1.54) is 10.6 Å². The Kier molecular flexibility index (Phi) is 7.27. The number of hydrogen-bond donors (Lipinski definition) is 3. The lowest BCUT2D eigenvalue weighted by Crippen LogP contribution is -2.35. The Morgan fingerprint density at radius 2 is 1.85 bits per heavy atom. The summed E-state index contributed by atoms with van der Waals surface area (Å²) in [7, 11) is 0. The number of nitrogens with zero attached hydrogens (tertiary/aromatic N) is 2. The Hall–Kier alpha value is -3.95. The third-order valence-corrected chi connectivity index (χ3v) is 4.98. The second-order valence-corrected chi connectivity index (χ2v) is 7.64. The second-order valence-electron chi connectivity index (χ2n) is 7.64. The number of pyridine rings is 1. The Morgan fingerprint density at radius 1 is 1.15 bits per heavy atom. The van der Waals surface area contributed by atoms with Crippen molar-refractivity contribution < 1.29 is 14.3 Å². The van der Waals surface area contributed by atoms with Crippen molar-refractivity contribution in [3.63, 3.8) is 0 Å². The lowest BCUT2D eigenvalue weighted by molar-refractivity contribution is -0.115. The lowest BCUT2D eigenvalue weighted by Gasteiger charge is -2.14. The van der Waals surface area contributed by atoms with Crippen LogP contribution < -0.4 is 26.6 Å². The number of benzene rings is 1. The van der Waals surface area contributed by atoms with E-state index in [9.17, 15) is 19.2 Å². The molecule has 3 aromatic rings. The largest absolute Gasteiger partial charge is 0.494 e. The summed E-state index contributed by atoms with van der Waals surface area (Å²) < 4.78 is 6.67. The molecule has 2 heterocycles. The molecule has 2 aromatic heterocycles. The van der Waals surface area contributed by atoms with Gasteiger partial charge in [0, 0.05) is 17.9 Å². The molecule has 3 rings (SSSR count). The molecule has 174 valence electrons. The molecular weight excluding hydrogens is 426 g/mol. The zero-order valence-electron chi connectivity index (χ0n) is 19.0. The SMILES string of the molecule is CCOc1ccc(NC(=O)CNC(=O)c2cc(C(C)C)nc3c2c(=O)[nH]c(=O)n3CC)cc1. The average molecular weight is 453 g/mol. The van der Waals surface area contributed by atoms with Crippen molar-refractivity contribution in [3.8, 4) is 5.75 Å². The Morgan fingerprint density at radius 3 is 2.45 bits per heavy atom. The van der Waals surface area contributed by atoms with Crippen molar-refractivity contribution >= 4 is 28.5 Å². The number of anilines is 1. The maximum atomic E-state index is 13.0. The third-order valence-electron chi connectivity index (χ3n) is 4.98. The van der Waals surface area contributed by atoms with Gasteiger partial charge < -0.3 is 15.4 Å². The summed E-state index contributed by atoms with van der Waals surface area (Å²) in [5.74, 6) is -0.416. The first-order valence-corrected chi connectivity index (χ1v) is 10.7. The van der Waals surface area contributed by atoms with E-state index < -0.39 is 23.1 Å². The maximum Gasteiger partial charge on any atom is 0.329 e. The number of nitrogens with one attached hydrogen (secondary N) is 3. The highest BCUT2D eigenvalue weighted by Crippen LogP contribution is 2.20. The predicted octanol–water partition coefficient (Wildman–Crippen LogP) is 2.00. The van der Waals surface area contributed by atoms with Gasteiger partial charge in [-0.05, 0) is 50.1 Å². The van der Waals surface area contributed by atoms with Crippen LogP contribution in [0.4, 0.5) is 5.69 Å². The van der Waals surface area contributed by atoms with Crippen molar-refractivity contribution in [2.24, 2.45) is 0 Å². The lowest BCUT2D eigenvalue weighted by atomic mass is 10.0. The topological polar surface area (TPSA) is 135 Å². The van der Waals surface area contributed by atoms with E-state index in [1.54, 1.807) is 31.2 Å². The Bertz CT molecular complexity index is 1290. The number of aromatic amines is 1. The fraction of sp³-hybridized carbons (Fsp3) is 0.348. The van der Waals surface area contributed by atoms with E-state index >= 15 is 0 Å². The standard InChI is InChI=1S/C23H27N5O5/c1-5-28-20-19(22(31)27-23(28)32)16(11-17(26-20)13(3)4)21(30)24-12-18(29)25-14-7-9-15(10-8-14)33-6-2/h7-11,13H,5-6,12H2,1-4H3,(H,24,30)(H,25,29)(H,27,31,32). The molecule has 1 aromatic carbocycles. The highest BCUT2D eigenvalue weighted by Gasteiger charge is 2.20. The molecule has 10 heteroatoms. The van der Waals surface area contributed by atoms with Gasteiger partial charge in [-0.1, -0.05) is 13.8 Å². The number of aromatic nitrogens is 3. The number of aryl methyl sites for hydroxylation is 1. The number of fused-ring (bicyclic) bond motifs is 1. The van der Waals surface area contributed by atoms with Gasteiger partial charge in [0.1, 0.15) is 5.75 Å². The molecule has 0 spiro atoms. The van der Waals surface area contributed by atoms with E-state index in [4.69, 9.17) is 4.74 Å². The van der Waals surface area contributed by atoms with Crippen LogP contribution in [0.15, 0.2) is 39.9 Å². The Balaban J connectivity index is 1.85. The summed E-state index contributed by atoms with van der Waals surface area (Å²) in [6, 6.07) is 8.37. The van der Waals surface area contributed by atoms with Crippen molar-refractivity contribution in [2.45, 2.75) is 40.2 Å². The van der Waals surface area contributed by atoms with Gasteiger partial charge in [0.05, 0.1) is 24.1 Å². The number of ether oxygens (including phenoxy) is 1. The van der Waals surface area contributed by atoms with E-state index in [0.717, 1.165) is 0 Å². The van der Waals surface area contributed by atoms with Gasteiger partial charge in [-0.2, -0.15) is 0 Å². The average Bonchev–Trinajstić information content (AvgIpc) is 2.78. The normalized spacial score (nSPS) is 10.9. The number of carbonyl (C=O) groups is 2. The van der Waals surface area contributed by atoms with Gasteiger partial charge in [-0.15, -0.1) is 0 Å². The van der Waals surface area contributed by atoms with E-state index in [1.807, 2.05) is 20.8 Å². The maximum absolute atomic E-state index is 13.0. The molecule has 0 aliphatic heterocycles. The van der Waals surface area contributed by atoms with Crippen LogP contribution in [0.5, 0.6) is 5.75 Å². The second kappa shape index (κ2) is 10.1. The van der Waals surface area contributed by atoms with Crippen molar-refractivity contribution in [3.05, 3.63) is 62.4 Å².